The lowest BCUT2D eigenvalue weighted by Gasteiger charge is -2.20. The molecule has 1 aliphatic heterocycles. The molecule has 0 N–H and O–H groups in total. The number of ether oxygens (including phenoxy) is 1. The van der Waals surface area contributed by atoms with Gasteiger partial charge in [0.25, 0.3) is 0 Å². The molecule has 1 saturated heterocycles. The van der Waals surface area contributed by atoms with Crippen LogP contribution in [0.3, 0.4) is 0 Å². The van der Waals surface area contributed by atoms with Gasteiger partial charge in [-0.15, -0.1) is 0 Å². The highest BCUT2D eigenvalue weighted by Crippen LogP contribution is 2.32. The van der Waals surface area contributed by atoms with Crippen LogP contribution in [0.25, 0.3) is 0 Å². The highest BCUT2D eigenvalue weighted by Gasteiger charge is 2.36. The van der Waals surface area contributed by atoms with Crippen molar-refractivity contribution < 1.29 is 9.53 Å². The lowest BCUT2D eigenvalue weighted by Crippen LogP contribution is -2.20. The highest BCUT2D eigenvalue weighted by atomic mass is 16.5. The molecule has 3 unspecified atom stereocenters. The monoisotopic (exact) mass is 260 g/mol. The molecule has 0 spiro atoms. The van der Waals surface area contributed by atoms with Gasteiger partial charge in [0, 0.05) is 5.92 Å². The minimum Gasteiger partial charge on any atom is -0.465 e. The Morgan fingerprint density at radius 3 is 2.63 bits per heavy atom. The number of rotatable bonds is 6. The first-order valence-electron chi connectivity index (χ1n) is 7.45. The molecule has 2 rings (SSSR count). The second kappa shape index (κ2) is 6.74. The van der Waals surface area contributed by atoms with E-state index in [0.717, 1.165) is 25.7 Å². The molecule has 0 amide bonds. The Kier molecular flexibility index (Phi) is 5.00. The van der Waals surface area contributed by atoms with Crippen molar-refractivity contribution in [2.24, 2.45) is 17.8 Å². The van der Waals surface area contributed by atoms with E-state index in [0.29, 0.717) is 18.4 Å². The molecule has 3 atom stereocenters. The molecule has 0 aliphatic carbocycles. The molecule has 0 saturated carbocycles. The Morgan fingerprint density at radius 1 is 1.26 bits per heavy atom. The highest BCUT2D eigenvalue weighted by molar-refractivity contribution is 5.74. The molecule has 1 aromatic rings. The second-order valence-corrected chi connectivity index (χ2v) is 5.60. The second-order valence-electron chi connectivity index (χ2n) is 5.60. The summed E-state index contributed by atoms with van der Waals surface area (Å²) in [5.41, 5.74) is 1.37. The molecule has 1 aromatic carbocycles. The van der Waals surface area contributed by atoms with Crippen LogP contribution in [-0.2, 0) is 16.0 Å². The summed E-state index contributed by atoms with van der Waals surface area (Å²) in [5.74, 6) is 1.15. The third kappa shape index (κ3) is 3.59. The Hall–Kier alpha value is -1.31. The van der Waals surface area contributed by atoms with Crippen LogP contribution in [0.5, 0.6) is 0 Å². The van der Waals surface area contributed by atoms with Crippen molar-refractivity contribution in [2.75, 3.05) is 6.61 Å². The largest absolute Gasteiger partial charge is 0.465 e. The summed E-state index contributed by atoms with van der Waals surface area (Å²) in [4.78, 5) is 11.8. The van der Waals surface area contributed by atoms with Crippen LogP contribution < -0.4 is 0 Å². The Balaban J connectivity index is 1.97. The van der Waals surface area contributed by atoms with Crippen LogP contribution in [-0.4, -0.2) is 12.6 Å². The van der Waals surface area contributed by atoms with Gasteiger partial charge in [0.1, 0.15) is 0 Å². The summed E-state index contributed by atoms with van der Waals surface area (Å²) in [5, 5.41) is 0. The van der Waals surface area contributed by atoms with Gasteiger partial charge in [-0.1, -0.05) is 50.6 Å². The minimum absolute atomic E-state index is 0.0263. The van der Waals surface area contributed by atoms with Gasteiger partial charge >= 0.3 is 5.97 Å². The van der Waals surface area contributed by atoms with Gasteiger partial charge in [0.15, 0.2) is 0 Å². The van der Waals surface area contributed by atoms with Crippen LogP contribution in [0.4, 0.5) is 0 Å². The molecule has 1 heterocycles. The molecule has 2 heteroatoms. The van der Waals surface area contributed by atoms with Gasteiger partial charge in [-0.25, -0.2) is 0 Å². The molecular formula is C17H24O2. The lowest BCUT2D eigenvalue weighted by molar-refractivity contribution is -0.141. The Morgan fingerprint density at radius 2 is 2.00 bits per heavy atom. The van der Waals surface area contributed by atoms with E-state index in [1.807, 2.05) is 6.07 Å². The van der Waals surface area contributed by atoms with Crippen LogP contribution >= 0.6 is 0 Å². The van der Waals surface area contributed by atoms with Crippen LogP contribution in [0.15, 0.2) is 30.3 Å². The molecule has 0 bridgehead atoms. The van der Waals surface area contributed by atoms with Gasteiger partial charge < -0.3 is 4.74 Å². The van der Waals surface area contributed by atoms with E-state index in [1.165, 1.54) is 5.56 Å². The van der Waals surface area contributed by atoms with Crippen molar-refractivity contribution in [3.05, 3.63) is 35.9 Å². The average Bonchev–Trinajstić information content (AvgIpc) is 2.80. The fraction of sp³-hybridized carbons (Fsp3) is 0.588. The Labute approximate surface area is 116 Å². The van der Waals surface area contributed by atoms with Gasteiger partial charge in [0.05, 0.1) is 12.5 Å². The van der Waals surface area contributed by atoms with E-state index in [2.05, 4.69) is 38.1 Å². The zero-order valence-electron chi connectivity index (χ0n) is 12.0. The maximum Gasteiger partial charge on any atom is 0.309 e. The number of benzene rings is 1. The van der Waals surface area contributed by atoms with Gasteiger partial charge in [-0.3, -0.25) is 4.79 Å². The standard InChI is InChI=1S/C17H24O2/c1-3-13(10-14-8-6-5-7-9-14)11-16-15(4-2)12-19-17(16)18/h5-9,13,15-16H,3-4,10-12H2,1-2H3. The maximum atomic E-state index is 11.8. The number of hydrogen-bond donors (Lipinski definition) is 0. The average molecular weight is 260 g/mol. The van der Waals surface area contributed by atoms with Gasteiger partial charge in [0.2, 0.25) is 0 Å². The van der Waals surface area contributed by atoms with Crippen LogP contribution in [0.1, 0.15) is 38.7 Å². The molecule has 104 valence electrons. The van der Waals surface area contributed by atoms with E-state index in [4.69, 9.17) is 4.74 Å². The molecule has 19 heavy (non-hydrogen) atoms. The first-order chi connectivity index (χ1) is 9.24. The summed E-state index contributed by atoms with van der Waals surface area (Å²) in [6.07, 6.45) is 4.20. The fourth-order valence-corrected chi connectivity index (χ4v) is 3.00. The minimum atomic E-state index is 0.0263. The number of cyclic esters (lactones) is 1. The summed E-state index contributed by atoms with van der Waals surface area (Å²) in [6.45, 7) is 4.99. The normalized spacial score (nSPS) is 24.2. The SMILES string of the molecule is CCC(Cc1ccccc1)CC1C(=O)OCC1CC. The smallest absolute Gasteiger partial charge is 0.309 e. The van der Waals surface area contributed by atoms with Gasteiger partial charge in [-0.05, 0) is 30.7 Å². The zero-order valence-corrected chi connectivity index (χ0v) is 12.0. The van der Waals surface area contributed by atoms with E-state index >= 15 is 0 Å². The van der Waals surface area contributed by atoms with Crippen molar-refractivity contribution in [3.63, 3.8) is 0 Å². The number of carbonyl (C=O) groups excluding carboxylic acids is 1. The topological polar surface area (TPSA) is 26.3 Å². The third-order valence-corrected chi connectivity index (χ3v) is 4.37. The lowest BCUT2D eigenvalue weighted by atomic mass is 9.82. The Bertz CT molecular complexity index is 399. The molecule has 1 aliphatic rings. The van der Waals surface area contributed by atoms with E-state index in [-0.39, 0.29) is 11.9 Å². The third-order valence-electron chi connectivity index (χ3n) is 4.37. The number of carbonyl (C=O) groups is 1. The molecule has 0 aromatic heterocycles. The van der Waals surface area contributed by atoms with Crippen molar-refractivity contribution in [1.82, 2.24) is 0 Å². The predicted octanol–water partition coefficient (Wildman–Crippen LogP) is 3.84. The molecular weight excluding hydrogens is 236 g/mol. The van der Waals surface area contributed by atoms with E-state index in [9.17, 15) is 4.79 Å². The quantitative estimate of drug-likeness (QED) is 0.726. The van der Waals surface area contributed by atoms with Crippen molar-refractivity contribution in [3.8, 4) is 0 Å². The first-order valence-corrected chi connectivity index (χ1v) is 7.45. The first kappa shape index (κ1) is 14.1. The summed E-state index contributed by atoms with van der Waals surface area (Å²) in [6, 6.07) is 10.6. The molecule has 1 fully saturated rings. The number of esters is 1. The maximum absolute atomic E-state index is 11.8. The predicted molar refractivity (Wildman–Crippen MR) is 76.8 cm³/mol. The summed E-state index contributed by atoms with van der Waals surface area (Å²) >= 11 is 0. The number of hydrogen-bond acceptors (Lipinski definition) is 2. The van der Waals surface area contributed by atoms with E-state index in [1.54, 1.807) is 0 Å². The summed E-state index contributed by atoms with van der Waals surface area (Å²) < 4.78 is 5.23. The zero-order chi connectivity index (χ0) is 13.7. The van der Waals surface area contributed by atoms with Crippen molar-refractivity contribution in [2.45, 2.75) is 39.5 Å². The molecule has 0 radical (unpaired) electrons. The van der Waals surface area contributed by atoms with Crippen molar-refractivity contribution >= 4 is 5.97 Å². The van der Waals surface area contributed by atoms with Crippen LogP contribution in [0, 0.1) is 17.8 Å². The fourth-order valence-electron chi connectivity index (χ4n) is 3.00. The van der Waals surface area contributed by atoms with Crippen LogP contribution in [0.2, 0.25) is 0 Å². The van der Waals surface area contributed by atoms with E-state index < -0.39 is 0 Å². The molecule has 2 nitrogen and oxygen atoms in total. The van der Waals surface area contributed by atoms with Crippen molar-refractivity contribution in [1.29, 1.82) is 0 Å². The van der Waals surface area contributed by atoms with Gasteiger partial charge in [-0.2, -0.15) is 0 Å². The summed E-state index contributed by atoms with van der Waals surface area (Å²) in [7, 11) is 0.